The van der Waals surface area contributed by atoms with Crippen LogP contribution in [0.25, 0.3) is 37.6 Å². The van der Waals surface area contributed by atoms with Crippen LogP contribution in [0.2, 0.25) is 5.02 Å². The highest BCUT2D eigenvalue weighted by atomic mass is 35.5. The van der Waals surface area contributed by atoms with Gasteiger partial charge in [-0.25, -0.2) is 24.1 Å². The first-order valence-electron chi connectivity index (χ1n) is 14.7. The number of fused-ring (bicyclic) bond motifs is 2. The van der Waals surface area contributed by atoms with Gasteiger partial charge in [0.1, 0.15) is 41.8 Å². The molecular formula is C33H29ClF4N6O2. The van der Waals surface area contributed by atoms with Gasteiger partial charge in [0.25, 0.3) is 0 Å². The van der Waals surface area contributed by atoms with Crippen molar-refractivity contribution in [2.75, 3.05) is 51.3 Å². The lowest BCUT2D eigenvalue weighted by Crippen LogP contribution is -2.56. The van der Waals surface area contributed by atoms with E-state index in [1.165, 1.54) is 29.2 Å². The second-order valence-corrected chi connectivity index (χ2v) is 11.8. The Morgan fingerprint density at radius 3 is 2.67 bits per heavy atom. The Hall–Kier alpha value is -4.47. The van der Waals surface area contributed by atoms with E-state index in [9.17, 15) is 13.6 Å². The molecule has 2 aliphatic heterocycles. The van der Waals surface area contributed by atoms with Gasteiger partial charge in [0.05, 0.1) is 10.6 Å². The molecule has 0 radical (unpaired) electrons. The predicted molar refractivity (Wildman–Crippen MR) is 168 cm³/mol. The summed E-state index contributed by atoms with van der Waals surface area (Å²) in [6.07, 6.45) is 0.413. The molecule has 13 heteroatoms. The molecular weight excluding hydrogens is 624 g/mol. The minimum absolute atomic E-state index is 0.00780. The standard InChI is InChI=1S/C33H29ClF4N6O2/c1-4-26(45)44-11-10-43(16-21(44)14-39-2)32-23-13-25(37)28(22-7-5-6-18-8-9-24(36)29(34)27(18)22)30(38)31(23)40-33(41-32)46-17-20-12-19(35)15-42(20)3/h4-9,13,19-21H,1,10-12,14-17H2,3H3/t19-,20+,21+/m1/s1. The number of benzene rings is 3. The molecule has 0 bridgehead atoms. The summed E-state index contributed by atoms with van der Waals surface area (Å²) in [4.78, 5) is 30.0. The number of halogens is 5. The molecule has 4 aromatic rings. The van der Waals surface area contributed by atoms with Crippen LogP contribution in [0.1, 0.15) is 6.42 Å². The van der Waals surface area contributed by atoms with Crippen LogP contribution in [-0.2, 0) is 4.79 Å². The maximum Gasteiger partial charge on any atom is 0.319 e. The second-order valence-electron chi connectivity index (χ2n) is 11.5. The Morgan fingerprint density at radius 2 is 1.96 bits per heavy atom. The molecule has 0 saturated carbocycles. The highest BCUT2D eigenvalue weighted by Crippen LogP contribution is 2.41. The fraction of sp³-hybridized carbons (Fsp3) is 0.333. The molecule has 1 amide bonds. The maximum absolute atomic E-state index is 16.7. The molecule has 3 atom stereocenters. The molecule has 2 fully saturated rings. The summed E-state index contributed by atoms with van der Waals surface area (Å²) in [6, 6.07) is 7.46. The number of hydrogen-bond donors (Lipinski definition) is 0. The van der Waals surface area contributed by atoms with Crippen LogP contribution in [0.15, 0.2) is 49.1 Å². The number of carbonyl (C=O) groups excluding carboxylic acids is 1. The average Bonchev–Trinajstić information content (AvgIpc) is 3.37. The van der Waals surface area contributed by atoms with Gasteiger partial charge in [-0.05, 0) is 42.6 Å². The molecule has 8 nitrogen and oxygen atoms in total. The van der Waals surface area contributed by atoms with Crippen LogP contribution < -0.4 is 9.64 Å². The summed E-state index contributed by atoms with van der Waals surface area (Å²) in [5, 5.41) is 0.390. The Kier molecular flexibility index (Phi) is 8.72. The zero-order valence-electron chi connectivity index (χ0n) is 24.8. The lowest BCUT2D eigenvalue weighted by Gasteiger charge is -2.39. The number of aromatic nitrogens is 2. The molecule has 238 valence electrons. The van der Waals surface area contributed by atoms with E-state index in [1.54, 1.807) is 24.1 Å². The van der Waals surface area contributed by atoms with Crippen molar-refractivity contribution in [3.8, 4) is 17.1 Å². The topological polar surface area (TPSA) is 66.2 Å². The highest BCUT2D eigenvalue weighted by molar-refractivity contribution is 6.37. The maximum atomic E-state index is 16.7. The van der Waals surface area contributed by atoms with E-state index >= 15 is 8.78 Å². The zero-order valence-corrected chi connectivity index (χ0v) is 25.6. The number of alkyl halides is 1. The number of rotatable bonds is 7. The first-order chi connectivity index (χ1) is 22.1. The summed E-state index contributed by atoms with van der Waals surface area (Å²) < 4.78 is 67.2. The lowest BCUT2D eigenvalue weighted by atomic mass is 9.96. The molecule has 3 heterocycles. The SMILES string of the molecule is [C-]#[N+]C[C@H]1CN(c2nc(OC[C@@H]3C[C@@H](F)CN3C)nc3c(F)c(-c4cccc5ccc(F)c(Cl)c45)c(F)cc23)CCN1C(=O)C=C. The van der Waals surface area contributed by atoms with E-state index in [-0.39, 0.29) is 96.4 Å². The first-order valence-corrected chi connectivity index (χ1v) is 15.0. The van der Waals surface area contributed by atoms with Crippen molar-refractivity contribution in [2.45, 2.75) is 24.7 Å². The lowest BCUT2D eigenvalue weighted by molar-refractivity contribution is -0.128. The van der Waals surface area contributed by atoms with E-state index < -0.39 is 35.2 Å². The highest BCUT2D eigenvalue weighted by Gasteiger charge is 2.35. The predicted octanol–water partition coefficient (Wildman–Crippen LogP) is 6.06. The molecule has 0 N–H and O–H groups in total. The quantitative estimate of drug-likeness (QED) is 0.137. The van der Waals surface area contributed by atoms with Gasteiger partial charge in [-0.1, -0.05) is 42.4 Å². The number of ether oxygens (including phenoxy) is 1. The van der Waals surface area contributed by atoms with Crippen molar-refractivity contribution >= 4 is 45.0 Å². The van der Waals surface area contributed by atoms with Gasteiger partial charge in [0, 0.05) is 43.0 Å². The number of likely N-dealkylation sites (tertiary alicyclic amines) is 1. The van der Waals surface area contributed by atoms with Crippen LogP contribution in [0.5, 0.6) is 6.01 Å². The van der Waals surface area contributed by atoms with Gasteiger partial charge in [0.15, 0.2) is 5.82 Å². The van der Waals surface area contributed by atoms with Crippen molar-refractivity contribution in [3.05, 3.63) is 82.9 Å². The molecule has 46 heavy (non-hydrogen) atoms. The molecule has 1 aromatic heterocycles. The Balaban J connectivity index is 1.50. The van der Waals surface area contributed by atoms with Crippen molar-refractivity contribution in [1.29, 1.82) is 0 Å². The number of likely N-dealkylation sites (N-methyl/N-ethyl adjacent to an activating group) is 1. The fourth-order valence-electron chi connectivity index (χ4n) is 6.32. The van der Waals surface area contributed by atoms with Crippen LogP contribution in [0, 0.1) is 24.0 Å². The number of anilines is 1. The third-order valence-corrected chi connectivity index (χ3v) is 9.00. The molecule has 2 saturated heterocycles. The van der Waals surface area contributed by atoms with Crippen molar-refractivity contribution < 1.29 is 27.1 Å². The number of nitrogens with zero attached hydrogens (tertiary/aromatic N) is 6. The Morgan fingerprint density at radius 1 is 1.15 bits per heavy atom. The monoisotopic (exact) mass is 652 g/mol. The van der Waals surface area contributed by atoms with Crippen molar-refractivity contribution in [3.63, 3.8) is 0 Å². The summed E-state index contributed by atoms with van der Waals surface area (Å²) in [5.74, 6) is -2.90. The number of hydrogen-bond acceptors (Lipinski definition) is 6. The van der Waals surface area contributed by atoms with E-state index in [0.717, 1.165) is 6.07 Å². The molecule has 0 aliphatic carbocycles. The van der Waals surface area contributed by atoms with E-state index in [1.807, 2.05) is 4.90 Å². The van der Waals surface area contributed by atoms with E-state index in [4.69, 9.17) is 22.9 Å². The number of carbonyl (C=O) groups is 1. The first kappa shape index (κ1) is 31.5. The van der Waals surface area contributed by atoms with Crippen LogP contribution in [-0.4, -0.2) is 90.3 Å². The molecule has 0 spiro atoms. The average molecular weight is 653 g/mol. The fourth-order valence-corrected chi connectivity index (χ4v) is 6.60. The summed E-state index contributed by atoms with van der Waals surface area (Å²) in [5.41, 5.74) is -0.670. The smallest absolute Gasteiger partial charge is 0.319 e. The molecule has 0 unspecified atom stereocenters. The number of amides is 1. The van der Waals surface area contributed by atoms with E-state index in [0.29, 0.717) is 5.39 Å². The zero-order chi connectivity index (χ0) is 32.7. The van der Waals surface area contributed by atoms with E-state index in [2.05, 4.69) is 21.4 Å². The summed E-state index contributed by atoms with van der Waals surface area (Å²) in [6.45, 7) is 11.8. The van der Waals surface area contributed by atoms with Crippen LogP contribution in [0.4, 0.5) is 23.4 Å². The normalized spacial score (nSPS) is 20.3. The Bertz CT molecular complexity index is 1900. The number of piperazine rings is 1. The largest absolute Gasteiger partial charge is 0.462 e. The van der Waals surface area contributed by atoms with Crippen molar-refractivity contribution in [2.24, 2.45) is 0 Å². The van der Waals surface area contributed by atoms with Crippen LogP contribution >= 0.6 is 11.6 Å². The second kappa shape index (κ2) is 12.7. The van der Waals surface area contributed by atoms with Gasteiger partial charge >= 0.3 is 6.01 Å². The Labute approximate surface area is 267 Å². The van der Waals surface area contributed by atoms with Gasteiger partial charge in [-0.2, -0.15) is 9.97 Å². The van der Waals surface area contributed by atoms with Gasteiger partial charge < -0.3 is 19.4 Å². The summed E-state index contributed by atoms with van der Waals surface area (Å²) in [7, 11) is 1.77. The molecule has 3 aromatic carbocycles. The van der Waals surface area contributed by atoms with Gasteiger partial charge in [-0.3, -0.25) is 9.69 Å². The van der Waals surface area contributed by atoms with Crippen LogP contribution in [0.3, 0.4) is 0 Å². The summed E-state index contributed by atoms with van der Waals surface area (Å²) >= 11 is 6.31. The molecule has 2 aliphatic rings. The third-order valence-electron chi connectivity index (χ3n) is 8.63. The molecule has 6 rings (SSSR count). The third kappa shape index (κ3) is 5.69. The van der Waals surface area contributed by atoms with Crippen molar-refractivity contribution in [1.82, 2.24) is 19.8 Å². The minimum Gasteiger partial charge on any atom is -0.462 e. The minimum atomic E-state index is -1.03. The van der Waals surface area contributed by atoms with Gasteiger partial charge in [-0.15, -0.1) is 0 Å². The van der Waals surface area contributed by atoms with Gasteiger partial charge in [0.2, 0.25) is 12.5 Å².